The van der Waals surface area contributed by atoms with Crippen LogP contribution in [-0.2, 0) is 14.9 Å². The van der Waals surface area contributed by atoms with Gasteiger partial charge >= 0.3 is 5.97 Å². The van der Waals surface area contributed by atoms with Crippen LogP contribution in [-0.4, -0.2) is 57.9 Å². The zero-order valence-electron chi connectivity index (χ0n) is 12.5. The molecule has 1 fully saturated rings. The number of aromatic nitrogens is 2. The highest BCUT2D eigenvalue weighted by Crippen LogP contribution is 2.21. The van der Waals surface area contributed by atoms with Gasteiger partial charge in [-0.3, -0.25) is 14.7 Å². The van der Waals surface area contributed by atoms with Gasteiger partial charge in [-0.2, -0.15) is 5.10 Å². The Kier molecular flexibility index (Phi) is 4.32. The Morgan fingerprint density at radius 2 is 2.24 bits per heavy atom. The van der Waals surface area contributed by atoms with Crippen molar-refractivity contribution in [3.05, 3.63) is 17.5 Å². The number of hydrogen-bond acceptors (Lipinski definition) is 4. The van der Waals surface area contributed by atoms with Gasteiger partial charge in [0.25, 0.3) is 5.91 Å². The molecule has 116 valence electrons. The average molecular weight is 295 g/mol. The molecule has 2 N–H and O–H groups in total. The summed E-state index contributed by atoms with van der Waals surface area (Å²) >= 11 is 0. The lowest BCUT2D eigenvalue weighted by Crippen LogP contribution is -2.46. The zero-order chi connectivity index (χ0) is 15.6. The van der Waals surface area contributed by atoms with Crippen molar-refractivity contribution in [3.63, 3.8) is 0 Å². The SMILES string of the molecule is CC(C)(C)c1cc(C(=O)N2CCOC(CC(=O)O)C2)n[nH]1. The Hall–Kier alpha value is -1.89. The fraction of sp³-hybridized carbons (Fsp3) is 0.643. The van der Waals surface area contributed by atoms with Crippen molar-refractivity contribution in [3.8, 4) is 0 Å². The van der Waals surface area contributed by atoms with Crippen LogP contribution in [0.4, 0.5) is 0 Å². The van der Waals surface area contributed by atoms with E-state index in [1.165, 1.54) is 0 Å². The number of carbonyl (C=O) groups excluding carboxylic acids is 1. The number of hydrogen-bond donors (Lipinski definition) is 2. The molecule has 1 aromatic heterocycles. The molecule has 1 atom stereocenters. The summed E-state index contributed by atoms with van der Waals surface area (Å²) < 4.78 is 5.36. The molecule has 1 amide bonds. The van der Waals surface area contributed by atoms with E-state index in [1.54, 1.807) is 11.0 Å². The third-order valence-corrected chi connectivity index (χ3v) is 3.43. The van der Waals surface area contributed by atoms with Gasteiger partial charge in [-0.05, 0) is 6.07 Å². The Balaban J connectivity index is 2.05. The summed E-state index contributed by atoms with van der Waals surface area (Å²) in [6.07, 6.45) is -0.557. The van der Waals surface area contributed by atoms with Crippen LogP contribution in [0.1, 0.15) is 43.4 Å². The molecule has 0 radical (unpaired) electrons. The fourth-order valence-electron chi connectivity index (χ4n) is 2.20. The lowest BCUT2D eigenvalue weighted by molar-refractivity contribution is -0.141. The van der Waals surface area contributed by atoms with Gasteiger partial charge in [-0.25, -0.2) is 0 Å². The molecule has 0 spiro atoms. The second-order valence-electron chi connectivity index (χ2n) is 6.26. The second-order valence-corrected chi connectivity index (χ2v) is 6.26. The van der Waals surface area contributed by atoms with Crippen LogP contribution in [0.2, 0.25) is 0 Å². The fourth-order valence-corrected chi connectivity index (χ4v) is 2.20. The summed E-state index contributed by atoms with van der Waals surface area (Å²) in [5, 5.41) is 15.8. The maximum atomic E-state index is 12.4. The highest BCUT2D eigenvalue weighted by Gasteiger charge is 2.28. The number of nitrogens with zero attached hydrogens (tertiary/aromatic N) is 2. The van der Waals surface area contributed by atoms with Crippen molar-refractivity contribution in [1.29, 1.82) is 0 Å². The molecular formula is C14H21N3O4. The quantitative estimate of drug-likeness (QED) is 0.868. The number of aliphatic carboxylic acids is 1. The van der Waals surface area contributed by atoms with Crippen LogP contribution in [0.5, 0.6) is 0 Å². The summed E-state index contributed by atoms with van der Waals surface area (Å²) in [4.78, 5) is 24.7. The monoisotopic (exact) mass is 295 g/mol. The molecule has 1 aliphatic heterocycles. The molecule has 7 nitrogen and oxygen atoms in total. The number of aromatic amines is 1. The Labute approximate surface area is 123 Å². The van der Waals surface area contributed by atoms with E-state index in [1.807, 2.05) is 20.8 Å². The number of amides is 1. The smallest absolute Gasteiger partial charge is 0.306 e. The maximum Gasteiger partial charge on any atom is 0.306 e. The molecule has 1 unspecified atom stereocenters. The average Bonchev–Trinajstić information content (AvgIpc) is 2.86. The molecule has 7 heteroatoms. The van der Waals surface area contributed by atoms with E-state index in [2.05, 4.69) is 10.2 Å². The molecule has 0 saturated carbocycles. The van der Waals surface area contributed by atoms with Crippen molar-refractivity contribution in [2.24, 2.45) is 0 Å². The first-order valence-corrected chi connectivity index (χ1v) is 6.96. The van der Waals surface area contributed by atoms with Crippen molar-refractivity contribution in [2.45, 2.75) is 38.7 Å². The Bertz CT molecular complexity index is 533. The van der Waals surface area contributed by atoms with E-state index in [4.69, 9.17) is 9.84 Å². The standard InChI is InChI=1S/C14H21N3O4/c1-14(2,3)11-7-10(15-16-11)13(20)17-4-5-21-9(8-17)6-12(18)19/h7,9H,4-6,8H2,1-3H3,(H,15,16)(H,18,19). The molecule has 21 heavy (non-hydrogen) atoms. The van der Waals surface area contributed by atoms with Gasteiger partial charge in [0.1, 0.15) is 5.69 Å². The predicted molar refractivity (Wildman–Crippen MR) is 75.2 cm³/mol. The van der Waals surface area contributed by atoms with Gasteiger partial charge in [0.2, 0.25) is 0 Å². The molecule has 2 heterocycles. The van der Waals surface area contributed by atoms with Crippen LogP contribution in [0.3, 0.4) is 0 Å². The minimum atomic E-state index is -0.927. The largest absolute Gasteiger partial charge is 0.481 e. The lowest BCUT2D eigenvalue weighted by Gasteiger charge is -2.31. The highest BCUT2D eigenvalue weighted by molar-refractivity contribution is 5.92. The van der Waals surface area contributed by atoms with E-state index in [0.29, 0.717) is 18.8 Å². The molecule has 0 aliphatic carbocycles. The number of H-pyrrole nitrogens is 1. The van der Waals surface area contributed by atoms with Crippen molar-refractivity contribution >= 4 is 11.9 Å². The first kappa shape index (κ1) is 15.5. The number of carbonyl (C=O) groups is 2. The topological polar surface area (TPSA) is 95.5 Å². The van der Waals surface area contributed by atoms with E-state index < -0.39 is 12.1 Å². The molecule has 1 saturated heterocycles. The minimum Gasteiger partial charge on any atom is -0.481 e. The summed E-state index contributed by atoms with van der Waals surface area (Å²) in [5.41, 5.74) is 1.14. The van der Waals surface area contributed by atoms with Crippen LogP contribution < -0.4 is 0 Å². The number of rotatable bonds is 3. The van der Waals surface area contributed by atoms with Gasteiger partial charge in [0, 0.05) is 24.2 Å². The van der Waals surface area contributed by atoms with Gasteiger partial charge in [-0.1, -0.05) is 20.8 Å². The maximum absolute atomic E-state index is 12.4. The summed E-state index contributed by atoms with van der Waals surface area (Å²) in [7, 11) is 0. The van der Waals surface area contributed by atoms with Crippen molar-refractivity contribution in [1.82, 2.24) is 15.1 Å². The Morgan fingerprint density at radius 3 is 2.81 bits per heavy atom. The van der Waals surface area contributed by atoms with Gasteiger partial charge in [0.05, 0.1) is 19.1 Å². The molecule has 1 aliphatic rings. The van der Waals surface area contributed by atoms with Crippen LogP contribution in [0.25, 0.3) is 0 Å². The number of morpholine rings is 1. The number of carboxylic acid groups (broad SMARTS) is 1. The van der Waals surface area contributed by atoms with Crippen molar-refractivity contribution in [2.75, 3.05) is 19.7 Å². The molecule has 0 bridgehead atoms. The second kappa shape index (κ2) is 5.85. The normalized spacial score (nSPS) is 19.6. The molecule has 2 rings (SSSR count). The predicted octanol–water partition coefficient (Wildman–Crippen LogP) is 1.02. The Morgan fingerprint density at radius 1 is 1.52 bits per heavy atom. The van der Waals surface area contributed by atoms with E-state index >= 15 is 0 Å². The number of carboxylic acids is 1. The van der Waals surface area contributed by atoms with Gasteiger partial charge < -0.3 is 14.7 Å². The third kappa shape index (κ3) is 3.81. The zero-order valence-corrected chi connectivity index (χ0v) is 12.5. The lowest BCUT2D eigenvalue weighted by atomic mass is 9.92. The van der Waals surface area contributed by atoms with Crippen LogP contribution >= 0.6 is 0 Å². The number of ether oxygens (including phenoxy) is 1. The summed E-state index contributed by atoms with van der Waals surface area (Å²) in [6, 6.07) is 1.75. The third-order valence-electron chi connectivity index (χ3n) is 3.43. The van der Waals surface area contributed by atoms with Crippen LogP contribution in [0, 0.1) is 0 Å². The first-order valence-electron chi connectivity index (χ1n) is 6.96. The van der Waals surface area contributed by atoms with Gasteiger partial charge in [0.15, 0.2) is 0 Å². The van der Waals surface area contributed by atoms with E-state index in [9.17, 15) is 9.59 Å². The summed E-state index contributed by atoms with van der Waals surface area (Å²) in [6.45, 7) is 7.18. The highest BCUT2D eigenvalue weighted by atomic mass is 16.5. The molecular weight excluding hydrogens is 274 g/mol. The minimum absolute atomic E-state index is 0.0996. The van der Waals surface area contributed by atoms with E-state index in [-0.39, 0.29) is 24.3 Å². The molecule has 1 aromatic rings. The van der Waals surface area contributed by atoms with Crippen LogP contribution in [0.15, 0.2) is 6.07 Å². The van der Waals surface area contributed by atoms with Crippen molar-refractivity contribution < 1.29 is 19.4 Å². The molecule has 0 aromatic carbocycles. The summed E-state index contributed by atoms with van der Waals surface area (Å²) in [5.74, 6) is -1.12. The van der Waals surface area contributed by atoms with E-state index in [0.717, 1.165) is 5.69 Å². The van der Waals surface area contributed by atoms with Gasteiger partial charge in [-0.15, -0.1) is 0 Å². The number of nitrogens with one attached hydrogen (secondary N) is 1. The first-order chi connectivity index (χ1) is 9.77.